The van der Waals surface area contributed by atoms with Crippen LogP contribution in [-0.4, -0.2) is 24.6 Å². The van der Waals surface area contributed by atoms with E-state index < -0.39 is 0 Å². The molecule has 4 aromatic carbocycles. The molecule has 0 saturated heterocycles. The van der Waals surface area contributed by atoms with Gasteiger partial charge in [-0.25, -0.2) is 4.98 Å². The average Bonchev–Trinajstić information content (AvgIpc) is 3.44. The van der Waals surface area contributed by atoms with Crippen molar-refractivity contribution in [3.63, 3.8) is 0 Å². The van der Waals surface area contributed by atoms with Gasteiger partial charge in [0.2, 0.25) is 0 Å². The van der Waals surface area contributed by atoms with Gasteiger partial charge in [0, 0.05) is 40.2 Å². The number of phenolic OH excluding ortho intramolecular Hbond substituents is 1. The number of nitrogens with zero attached hydrogens (tertiary/aromatic N) is 4. The highest BCUT2D eigenvalue weighted by Gasteiger charge is 2.22. The molecule has 3 aromatic heterocycles. The highest BCUT2D eigenvalue weighted by Crippen LogP contribution is 2.39. The number of rotatable bonds is 4. The molecule has 0 fully saturated rings. The summed E-state index contributed by atoms with van der Waals surface area (Å²) in [5.41, 5.74) is 11.8. The van der Waals surface area contributed by atoms with E-state index in [1.165, 1.54) is 11.1 Å². The summed E-state index contributed by atoms with van der Waals surface area (Å²) in [4.78, 5) is 15.1. The van der Waals surface area contributed by atoms with Crippen LogP contribution in [0, 0.1) is 6.92 Å². The quantitative estimate of drug-likeness (QED) is 0.214. The number of pyridine rings is 2. The van der Waals surface area contributed by atoms with Gasteiger partial charge in [-0.2, -0.15) is 0 Å². The predicted molar refractivity (Wildman–Crippen MR) is 194 cm³/mol. The molecule has 234 valence electrons. The first-order valence-corrected chi connectivity index (χ1v) is 16.2. The van der Waals surface area contributed by atoms with E-state index in [1.54, 1.807) is 6.07 Å². The van der Waals surface area contributed by atoms with Gasteiger partial charge in [0.15, 0.2) is 5.82 Å². The molecule has 0 bridgehead atoms. The zero-order chi connectivity index (χ0) is 33.1. The van der Waals surface area contributed by atoms with Gasteiger partial charge < -0.3 is 5.11 Å². The van der Waals surface area contributed by atoms with Crippen molar-refractivity contribution in [1.82, 2.24) is 19.5 Å². The molecule has 7 rings (SSSR count). The van der Waals surface area contributed by atoms with Crippen LogP contribution >= 0.6 is 0 Å². The number of aromatic nitrogens is 4. The summed E-state index contributed by atoms with van der Waals surface area (Å²) < 4.78 is 2.18. The maximum atomic E-state index is 10.8. The Kier molecular flexibility index (Phi) is 7.24. The fourth-order valence-corrected chi connectivity index (χ4v) is 6.30. The van der Waals surface area contributed by atoms with Crippen molar-refractivity contribution in [2.45, 2.75) is 59.3 Å². The summed E-state index contributed by atoms with van der Waals surface area (Å²) in [6.45, 7) is 15.5. The molecule has 47 heavy (non-hydrogen) atoms. The van der Waals surface area contributed by atoms with Crippen LogP contribution in [0.2, 0.25) is 0 Å². The standard InChI is InChI=1S/C42H40N4O/c1-26-21-28-22-30(42(5,6)7)24-34(38(28)44-25-26)27-19-20-43-35(23-27)40-45-39-33(32-11-8-9-14-37(32)47)12-10-13-36(39)46(40)31-17-15-29(16-18-31)41(2,3)4/h8-25,47H,1-7H3. The molecule has 5 nitrogen and oxygen atoms in total. The first-order chi connectivity index (χ1) is 22.4. The fourth-order valence-electron chi connectivity index (χ4n) is 6.30. The van der Waals surface area contributed by atoms with Crippen LogP contribution in [0.25, 0.3) is 61.4 Å². The fraction of sp³-hybridized carbons (Fsp3) is 0.214. The molecule has 7 aromatic rings. The van der Waals surface area contributed by atoms with Crippen molar-refractivity contribution in [3.05, 3.63) is 126 Å². The van der Waals surface area contributed by atoms with Gasteiger partial charge in [0.05, 0.1) is 16.6 Å². The van der Waals surface area contributed by atoms with Crippen molar-refractivity contribution in [1.29, 1.82) is 0 Å². The minimum Gasteiger partial charge on any atom is -0.507 e. The second-order valence-electron chi connectivity index (χ2n) is 14.5. The highest BCUT2D eigenvalue weighted by atomic mass is 16.3. The third-order valence-electron chi connectivity index (χ3n) is 8.96. The van der Waals surface area contributed by atoms with E-state index >= 15 is 0 Å². The number of phenols is 1. The monoisotopic (exact) mass is 616 g/mol. The number of aryl methyl sites for hydroxylation is 1. The topological polar surface area (TPSA) is 63.8 Å². The van der Waals surface area contributed by atoms with Crippen molar-refractivity contribution >= 4 is 21.9 Å². The van der Waals surface area contributed by atoms with Crippen LogP contribution in [0.1, 0.15) is 58.2 Å². The lowest BCUT2D eigenvalue weighted by atomic mass is 9.84. The Bertz CT molecular complexity index is 2280. The summed E-state index contributed by atoms with van der Waals surface area (Å²) in [6.07, 6.45) is 3.80. The lowest BCUT2D eigenvalue weighted by Crippen LogP contribution is -2.11. The summed E-state index contributed by atoms with van der Waals surface area (Å²) in [5.74, 6) is 0.951. The van der Waals surface area contributed by atoms with E-state index in [2.05, 4.69) is 114 Å². The van der Waals surface area contributed by atoms with E-state index in [0.717, 1.165) is 67.0 Å². The van der Waals surface area contributed by atoms with E-state index in [-0.39, 0.29) is 16.6 Å². The van der Waals surface area contributed by atoms with Crippen LogP contribution in [-0.2, 0) is 10.8 Å². The van der Waals surface area contributed by atoms with Gasteiger partial charge in [0.1, 0.15) is 11.4 Å². The lowest BCUT2D eigenvalue weighted by Gasteiger charge is -2.21. The molecule has 0 aliphatic carbocycles. The average molecular weight is 617 g/mol. The number of fused-ring (bicyclic) bond motifs is 2. The Labute approximate surface area is 276 Å². The van der Waals surface area contributed by atoms with Crippen LogP contribution in [0.4, 0.5) is 0 Å². The largest absolute Gasteiger partial charge is 0.507 e. The molecule has 3 heterocycles. The first-order valence-electron chi connectivity index (χ1n) is 16.2. The zero-order valence-electron chi connectivity index (χ0n) is 28.1. The third-order valence-corrected chi connectivity index (χ3v) is 8.96. The normalized spacial score (nSPS) is 12.2. The Hall–Kier alpha value is -5.29. The maximum absolute atomic E-state index is 10.8. The van der Waals surface area contributed by atoms with E-state index in [0.29, 0.717) is 0 Å². The van der Waals surface area contributed by atoms with Crippen LogP contribution in [0.15, 0.2) is 109 Å². The molecule has 0 unspecified atom stereocenters. The van der Waals surface area contributed by atoms with Crippen molar-refractivity contribution < 1.29 is 5.11 Å². The maximum Gasteiger partial charge on any atom is 0.164 e. The number of benzene rings is 4. The van der Waals surface area contributed by atoms with Gasteiger partial charge in [-0.15, -0.1) is 0 Å². The highest BCUT2D eigenvalue weighted by molar-refractivity contribution is 5.98. The Balaban J connectivity index is 1.49. The molecule has 0 saturated carbocycles. The summed E-state index contributed by atoms with van der Waals surface area (Å²) in [5, 5.41) is 12.0. The van der Waals surface area contributed by atoms with Gasteiger partial charge >= 0.3 is 0 Å². The van der Waals surface area contributed by atoms with Crippen LogP contribution < -0.4 is 0 Å². The third kappa shape index (κ3) is 5.56. The van der Waals surface area contributed by atoms with Gasteiger partial charge in [-0.05, 0) is 94.6 Å². The molecule has 0 radical (unpaired) electrons. The lowest BCUT2D eigenvalue weighted by molar-refractivity contribution is 0.477. The summed E-state index contributed by atoms with van der Waals surface area (Å²) in [7, 11) is 0. The van der Waals surface area contributed by atoms with Gasteiger partial charge in [-0.1, -0.05) is 84.0 Å². The molecule has 5 heteroatoms. The number of para-hydroxylation sites is 2. The Morgan fingerprint density at radius 2 is 1.36 bits per heavy atom. The summed E-state index contributed by atoms with van der Waals surface area (Å²) >= 11 is 0. The van der Waals surface area contributed by atoms with Crippen LogP contribution in [0.3, 0.4) is 0 Å². The zero-order valence-corrected chi connectivity index (χ0v) is 28.1. The minimum absolute atomic E-state index is 0.0310. The van der Waals surface area contributed by atoms with Crippen molar-refractivity contribution in [2.75, 3.05) is 0 Å². The second kappa shape index (κ2) is 11.2. The first kappa shape index (κ1) is 30.4. The number of aromatic hydroxyl groups is 1. The van der Waals surface area contributed by atoms with E-state index in [4.69, 9.17) is 15.0 Å². The van der Waals surface area contributed by atoms with Crippen molar-refractivity contribution in [3.8, 4) is 45.2 Å². The molecular formula is C42H40N4O. The van der Waals surface area contributed by atoms with Crippen molar-refractivity contribution in [2.24, 2.45) is 0 Å². The Morgan fingerprint density at radius 1 is 0.638 bits per heavy atom. The smallest absolute Gasteiger partial charge is 0.164 e. The molecule has 0 aliphatic heterocycles. The number of hydrogen-bond acceptors (Lipinski definition) is 4. The number of imidazole rings is 1. The second-order valence-corrected chi connectivity index (χ2v) is 14.5. The number of hydrogen-bond donors (Lipinski definition) is 1. The van der Waals surface area contributed by atoms with E-state index in [1.807, 2.05) is 42.7 Å². The molecule has 0 spiro atoms. The molecule has 0 aliphatic rings. The van der Waals surface area contributed by atoms with Crippen LogP contribution in [0.5, 0.6) is 5.75 Å². The van der Waals surface area contributed by atoms with Gasteiger partial charge in [-0.3, -0.25) is 14.5 Å². The SMILES string of the molecule is Cc1cnc2c(-c3ccnc(-c4nc5c(-c6ccccc6O)cccc5n4-c4ccc(C(C)(C)C)cc4)c3)cc(C(C)(C)C)cc2c1. The minimum atomic E-state index is -0.0326. The molecule has 0 amide bonds. The molecule has 0 atom stereocenters. The molecular weight excluding hydrogens is 576 g/mol. The Morgan fingerprint density at radius 3 is 2.09 bits per heavy atom. The molecule has 1 N–H and O–H groups in total. The predicted octanol–water partition coefficient (Wildman–Crippen LogP) is 10.6. The van der Waals surface area contributed by atoms with E-state index in [9.17, 15) is 5.11 Å². The van der Waals surface area contributed by atoms with Gasteiger partial charge in [0.25, 0.3) is 0 Å². The summed E-state index contributed by atoms with van der Waals surface area (Å²) in [6, 6.07) is 33.2.